The van der Waals surface area contributed by atoms with E-state index in [0.29, 0.717) is 17.2 Å². The number of aromatic nitrogens is 1. The number of likely N-dealkylation sites (N-methyl/N-ethyl adjacent to an activating group) is 1. The molecule has 0 saturated carbocycles. The van der Waals surface area contributed by atoms with Gasteiger partial charge in [0.2, 0.25) is 0 Å². The van der Waals surface area contributed by atoms with E-state index in [9.17, 15) is 4.79 Å². The number of nitrogen functional groups attached to an aromatic ring is 1. The van der Waals surface area contributed by atoms with E-state index in [-0.39, 0.29) is 5.91 Å². The Labute approximate surface area is 129 Å². The number of anilines is 2. The molecular weight excluding hydrogens is 286 g/mol. The highest BCUT2D eigenvalue weighted by atomic mass is 32.1. The number of allylic oxidation sites excluding steroid dienone is 1. The molecule has 1 aromatic heterocycles. The smallest absolute Gasteiger partial charge is 0.265 e. The van der Waals surface area contributed by atoms with Crippen molar-refractivity contribution in [1.29, 1.82) is 0 Å². The second-order valence-corrected chi connectivity index (χ2v) is 6.47. The van der Waals surface area contributed by atoms with Crippen LogP contribution in [0.4, 0.5) is 10.9 Å². The van der Waals surface area contributed by atoms with Gasteiger partial charge in [0, 0.05) is 32.7 Å². The maximum absolute atomic E-state index is 12.1. The molecule has 6 nitrogen and oxygen atoms in total. The summed E-state index contributed by atoms with van der Waals surface area (Å²) in [5, 5.41) is 3.68. The van der Waals surface area contributed by atoms with Crippen LogP contribution in [-0.2, 0) is 0 Å². The molecule has 116 valence electrons. The maximum Gasteiger partial charge on any atom is 0.265 e. The zero-order valence-electron chi connectivity index (χ0n) is 12.8. The lowest BCUT2D eigenvalue weighted by atomic mass is 10.3. The van der Waals surface area contributed by atoms with Gasteiger partial charge in [-0.1, -0.05) is 23.0 Å². The number of nitrogens with one attached hydrogen (secondary N) is 1. The Morgan fingerprint density at radius 1 is 1.38 bits per heavy atom. The summed E-state index contributed by atoms with van der Waals surface area (Å²) < 4.78 is 0. The van der Waals surface area contributed by atoms with Crippen LogP contribution in [0.5, 0.6) is 0 Å². The van der Waals surface area contributed by atoms with Gasteiger partial charge >= 0.3 is 0 Å². The lowest BCUT2D eigenvalue weighted by Crippen LogP contribution is -2.44. The summed E-state index contributed by atoms with van der Waals surface area (Å²) in [5.74, 6) is 0.173. The Balaban J connectivity index is 2.01. The van der Waals surface area contributed by atoms with Crippen LogP contribution in [0.25, 0.3) is 0 Å². The molecule has 7 heteroatoms. The summed E-state index contributed by atoms with van der Waals surface area (Å²) in [5.41, 5.74) is 7.07. The van der Waals surface area contributed by atoms with Crippen LogP contribution in [0.15, 0.2) is 11.6 Å². The van der Waals surface area contributed by atoms with Crippen molar-refractivity contribution in [3.05, 3.63) is 16.5 Å². The number of carbonyl (C=O) groups is 1. The Kier molecular flexibility index (Phi) is 5.19. The number of rotatable bonds is 4. The van der Waals surface area contributed by atoms with Crippen molar-refractivity contribution >= 4 is 28.2 Å². The van der Waals surface area contributed by atoms with Crippen molar-refractivity contribution in [3.63, 3.8) is 0 Å². The number of nitrogens with zero attached hydrogens (tertiary/aromatic N) is 3. The summed E-state index contributed by atoms with van der Waals surface area (Å²) in [6.07, 6.45) is 1.97. The van der Waals surface area contributed by atoms with Crippen molar-refractivity contribution in [2.75, 3.05) is 50.4 Å². The Bertz CT molecular complexity index is 527. The number of hydrogen-bond acceptors (Lipinski definition) is 6. The molecule has 0 unspecified atom stereocenters. The first-order valence-electron chi connectivity index (χ1n) is 7.08. The van der Waals surface area contributed by atoms with Crippen molar-refractivity contribution in [2.45, 2.75) is 13.8 Å². The fraction of sp³-hybridized carbons (Fsp3) is 0.571. The Morgan fingerprint density at radius 3 is 2.67 bits per heavy atom. The molecule has 2 heterocycles. The van der Waals surface area contributed by atoms with E-state index in [2.05, 4.69) is 27.1 Å². The zero-order chi connectivity index (χ0) is 15.4. The van der Waals surface area contributed by atoms with Crippen molar-refractivity contribution in [2.24, 2.45) is 0 Å². The second kappa shape index (κ2) is 6.91. The molecular formula is C14H23N5OS. The highest BCUT2D eigenvalue weighted by Gasteiger charge is 2.21. The number of hydrogen-bond donors (Lipinski definition) is 2. The first kappa shape index (κ1) is 15.8. The molecule has 1 aromatic rings. The van der Waals surface area contributed by atoms with Gasteiger partial charge in [-0.25, -0.2) is 4.98 Å². The molecule has 1 saturated heterocycles. The highest BCUT2D eigenvalue weighted by Crippen LogP contribution is 2.28. The van der Waals surface area contributed by atoms with Crippen LogP contribution in [0.3, 0.4) is 0 Å². The van der Waals surface area contributed by atoms with E-state index in [0.717, 1.165) is 31.3 Å². The molecule has 3 N–H and O–H groups in total. The molecule has 0 atom stereocenters. The van der Waals surface area contributed by atoms with Crippen LogP contribution in [0, 0.1) is 0 Å². The molecule has 21 heavy (non-hydrogen) atoms. The third-order valence-electron chi connectivity index (χ3n) is 3.40. The summed E-state index contributed by atoms with van der Waals surface area (Å²) >= 11 is 1.37. The molecule has 1 aliphatic heterocycles. The van der Waals surface area contributed by atoms with Crippen LogP contribution < -0.4 is 16.0 Å². The predicted octanol–water partition coefficient (Wildman–Crippen LogP) is 1.17. The normalized spacial score (nSPS) is 15.9. The van der Waals surface area contributed by atoms with Crippen molar-refractivity contribution in [1.82, 2.24) is 15.2 Å². The van der Waals surface area contributed by atoms with E-state index < -0.39 is 0 Å². The molecule has 0 radical (unpaired) electrons. The predicted molar refractivity (Wildman–Crippen MR) is 88.0 cm³/mol. The average Bonchev–Trinajstić information content (AvgIpc) is 2.81. The summed E-state index contributed by atoms with van der Waals surface area (Å²) in [6, 6.07) is 0. The molecule has 0 aliphatic carbocycles. The van der Waals surface area contributed by atoms with E-state index in [1.165, 1.54) is 16.9 Å². The van der Waals surface area contributed by atoms with E-state index in [4.69, 9.17) is 5.73 Å². The minimum absolute atomic E-state index is 0.150. The van der Waals surface area contributed by atoms with Gasteiger partial charge in [0.15, 0.2) is 5.13 Å². The number of amides is 1. The topological polar surface area (TPSA) is 74.5 Å². The first-order valence-corrected chi connectivity index (χ1v) is 7.90. The van der Waals surface area contributed by atoms with Gasteiger partial charge < -0.3 is 20.9 Å². The van der Waals surface area contributed by atoms with Crippen molar-refractivity contribution in [3.8, 4) is 0 Å². The Morgan fingerprint density at radius 2 is 2.05 bits per heavy atom. The molecule has 0 spiro atoms. The number of carbonyl (C=O) groups excluding carboxylic acids is 1. The van der Waals surface area contributed by atoms with Crippen molar-refractivity contribution < 1.29 is 4.79 Å². The SMILES string of the molecule is CC(C)=CCNC(=O)c1sc(N2CCN(C)CC2)nc1N. The molecule has 1 fully saturated rings. The third-order valence-corrected chi connectivity index (χ3v) is 4.53. The lowest BCUT2D eigenvalue weighted by molar-refractivity contribution is 0.0962. The van der Waals surface area contributed by atoms with E-state index in [1.54, 1.807) is 0 Å². The zero-order valence-corrected chi connectivity index (χ0v) is 13.7. The summed E-state index contributed by atoms with van der Waals surface area (Å²) in [7, 11) is 2.11. The van der Waals surface area contributed by atoms with Crippen LogP contribution in [-0.4, -0.2) is 55.6 Å². The second-order valence-electron chi connectivity index (χ2n) is 5.49. The monoisotopic (exact) mass is 309 g/mol. The summed E-state index contributed by atoms with van der Waals surface area (Å²) in [4.78, 5) is 21.4. The van der Waals surface area contributed by atoms with Crippen LogP contribution in [0.2, 0.25) is 0 Å². The number of thiazole rings is 1. The van der Waals surface area contributed by atoms with E-state index >= 15 is 0 Å². The Hall–Kier alpha value is -1.60. The van der Waals surface area contributed by atoms with Crippen LogP contribution in [0.1, 0.15) is 23.5 Å². The van der Waals surface area contributed by atoms with Gasteiger partial charge in [-0.3, -0.25) is 4.79 Å². The molecule has 1 amide bonds. The maximum atomic E-state index is 12.1. The minimum atomic E-state index is -0.150. The minimum Gasteiger partial charge on any atom is -0.382 e. The van der Waals surface area contributed by atoms with Gasteiger partial charge in [0.25, 0.3) is 5.91 Å². The van der Waals surface area contributed by atoms with Gasteiger partial charge in [-0.15, -0.1) is 0 Å². The molecule has 1 aliphatic rings. The lowest BCUT2D eigenvalue weighted by Gasteiger charge is -2.31. The largest absolute Gasteiger partial charge is 0.382 e. The van der Waals surface area contributed by atoms with Gasteiger partial charge in [-0.2, -0.15) is 0 Å². The highest BCUT2D eigenvalue weighted by molar-refractivity contribution is 7.18. The molecule has 0 bridgehead atoms. The third kappa shape index (κ3) is 4.18. The van der Waals surface area contributed by atoms with E-state index in [1.807, 2.05) is 19.9 Å². The van der Waals surface area contributed by atoms with Gasteiger partial charge in [0.1, 0.15) is 10.7 Å². The number of nitrogens with two attached hydrogens (primary N) is 1. The van der Waals surface area contributed by atoms with Gasteiger partial charge in [-0.05, 0) is 20.9 Å². The fourth-order valence-electron chi connectivity index (χ4n) is 2.04. The molecule has 2 rings (SSSR count). The first-order chi connectivity index (χ1) is 9.97. The fourth-order valence-corrected chi connectivity index (χ4v) is 3.00. The summed E-state index contributed by atoms with van der Waals surface area (Å²) in [6.45, 7) is 8.35. The quantitative estimate of drug-likeness (QED) is 0.817. The standard InChI is InChI=1S/C14H23N5OS/c1-10(2)4-5-16-13(20)11-12(15)17-14(21-11)19-8-6-18(3)7-9-19/h4H,5-9,15H2,1-3H3,(H,16,20). The van der Waals surface area contributed by atoms with Crippen LogP contribution >= 0.6 is 11.3 Å². The molecule has 0 aromatic carbocycles. The average molecular weight is 309 g/mol. The van der Waals surface area contributed by atoms with Gasteiger partial charge in [0.05, 0.1) is 0 Å². The number of piperazine rings is 1.